The summed E-state index contributed by atoms with van der Waals surface area (Å²) in [6.07, 6.45) is 8.60. The van der Waals surface area contributed by atoms with Gasteiger partial charge in [-0.05, 0) is 43.2 Å². The average Bonchev–Trinajstić information content (AvgIpc) is 3.30. The van der Waals surface area contributed by atoms with Crippen LogP contribution in [0.25, 0.3) is 27.7 Å². The highest BCUT2D eigenvalue weighted by Crippen LogP contribution is 2.37. The fourth-order valence-electron chi connectivity index (χ4n) is 4.94. The quantitative estimate of drug-likeness (QED) is 0.241. The highest BCUT2D eigenvalue weighted by molar-refractivity contribution is 5.91. The van der Waals surface area contributed by atoms with Crippen LogP contribution >= 0.6 is 0 Å². The van der Waals surface area contributed by atoms with E-state index in [-0.39, 0.29) is 0 Å². The summed E-state index contributed by atoms with van der Waals surface area (Å²) in [5.41, 5.74) is 15.1. The SMILES string of the molecule is NC(=O)O.Nc1nccn2c(C3CCCCC3)nc(-c3ccc4ccc(Nc5ccccc5)nc4c3)c12. The first kappa shape index (κ1) is 24.1. The second kappa shape index (κ2) is 10.5. The maximum Gasteiger partial charge on any atom is 0.402 e. The van der Waals surface area contributed by atoms with Gasteiger partial charge in [-0.25, -0.2) is 19.7 Å². The molecule has 9 heteroatoms. The fraction of sp³-hybridized carbons (Fsp3) is 0.214. The Kier molecular flexibility index (Phi) is 6.85. The van der Waals surface area contributed by atoms with E-state index in [2.05, 4.69) is 44.7 Å². The van der Waals surface area contributed by atoms with E-state index in [0.29, 0.717) is 11.7 Å². The number of carboxylic acid groups (broad SMARTS) is 1. The molecule has 1 aliphatic rings. The maximum atomic E-state index is 8.78. The number of fused-ring (bicyclic) bond motifs is 2. The van der Waals surface area contributed by atoms with Crippen molar-refractivity contribution < 1.29 is 9.90 Å². The number of amides is 1. The van der Waals surface area contributed by atoms with Gasteiger partial charge < -0.3 is 21.9 Å². The predicted molar refractivity (Wildman–Crippen MR) is 146 cm³/mol. The third-order valence-corrected chi connectivity index (χ3v) is 6.59. The van der Waals surface area contributed by atoms with Gasteiger partial charge in [-0.15, -0.1) is 0 Å². The van der Waals surface area contributed by atoms with Gasteiger partial charge in [0.05, 0.1) is 5.52 Å². The highest BCUT2D eigenvalue weighted by Gasteiger charge is 2.24. The minimum absolute atomic E-state index is 0.460. The number of nitrogen functional groups attached to an aromatic ring is 1. The van der Waals surface area contributed by atoms with Crippen molar-refractivity contribution in [3.05, 3.63) is 78.9 Å². The lowest BCUT2D eigenvalue weighted by Crippen LogP contribution is -2.09. The Bertz CT molecular complexity index is 1540. The third-order valence-electron chi connectivity index (χ3n) is 6.59. The molecule has 0 atom stereocenters. The summed E-state index contributed by atoms with van der Waals surface area (Å²) in [5, 5.41) is 11.7. The summed E-state index contributed by atoms with van der Waals surface area (Å²) < 4.78 is 2.15. The number of benzene rings is 2. The van der Waals surface area contributed by atoms with E-state index in [1.54, 1.807) is 6.20 Å². The molecule has 0 bridgehead atoms. The van der Waals surface area contributed by atoms with Crippen LogP contribution in [0.5, 0.6) is 0 Å². The van der Waals surface area contributed by atoms with Gasteiger partial charge in [0, 0.05) is 34.9 Å². The van der Waals surface area contributed by atoms with E-state index in [0.717, 1.165) is 45.0 Å². The van der Waals surface area contributed by atoms with Crippen LogP contribution in [0, 0.1) is 0 Å². The van der Waals surface area contributed by atoms with Gasteiger partial charge in [0.15, 0.2) is 0 Å². The maximum absolute atomic E-state index is 8.78. The van der Waals surface area contributed by atoms with Crippen molar-refractivity contribution in [1.82, 2.24) is 19.4 Å². The number of para-hydroxylation sites is 1. The number of aromatic nitrogens is 4. The van der Waals surface area contributed by atoms with E-state index in [9.17, 15) is 0 Å². The smallest absolute Gasteiger partial charge is 0.402 e. The molecule has 6 rings (SSSR count). The van der Waals surface area contributed by atoms with Gasteiger partial charge in [-0.1, -0.05) is 49.6 Å². The first-order valence-electron chi connectivity index (χ1n) is 12.3. The van der Waals surface area contributed by atoms with Crippen molar-refractivity contribution in [3.63, 3.8) is 0 Å². The number of primary amides is 1. The number of hydrogen-bond acceptors (Lipinski definition) is 6. The van der Waals surface area contributed by atoms with Crippen molar-refractivity contribution in [2.75, 3.05) is 11.1 Å². The summed E-state index contributed by atoms with van der Waals surface area (Å²) in [4.78, 5) is 23.1. The number of rotatable bonds is 4. The number of anilines is 3. The number of nitrogens with one attached hydrogen (secondary N) is 1. The molecule has 3 aromatic heterocycles. The topological polar surface area (TPSA) is 144 Å². The van der Waals surface area contributed by atoms with Gasteiger partial charge in [0.1, 0.15) is 28.7 Å². The van der Waals surface area contributed by atoms with Crippen LogP contribution in [0.1, 0.15) is 43.8 Å². The largest absolute Gasteiger partial charge is 0.465 e. The Hall–Kier alpha value is -4.66. The van der Waals surface area contributed by atoms with Gasteiger partial charge >= 0.3 is 6.09 Å². The zero-order chi connectivity index (χ0) is 25.8. The monoisotopic (exact) mass is 495 g/mol. The Morgan fingerprint density at radius 2 is 1.73 bits per heavy atom. The molecule has 1 fully saturated rings. The number of nitrogens with two attached hydrogens (primary N) is 2. The van der Waals surface area contributed by atoms with Gasteiger partial charge in [0.25, 0.3) is 0 Å². The first-order valence-corrected chi connectivity index (χ1v) is 12.3. The highest BCUT2D eigenvalue weighted by atomic mass is 16.4. The summed E-state index contributed by atoms with van der Waals surface area (Å²) >= 11 is 0. The number of pyridine rings is 1. The minimum Gasteiger partial charge on any atom is -0.465 e. The Morgan fingerprint density at radius 3 is 2.49 bits per heavy atom. The lowest BCUT2D eigenvalue weighted by Gasteiger charge is -2.20. The molecular weight excluding hydrogens is 466 g/mol. The fourth-order valence-corrected chi connectivity index (χ4v) is 4.94. The molecule has 0 saturated heterocycles. The summed E-state index contributed by atoms with van der Waals surface area (Å²) in [6, 6.07) is 20.5. The van der Waals surface area contributed by atoms with Gasteiger partial charge in [-0.3, -0.25) is 4.40 Å². The van der Waals surface area contributed by atoms with Crippen LogP contribution in [0.4, 0.5) is 22.1 Å². The second-order valence-corrected chi connectivity index (χ2v) is 9.12. The molecule has 0 unspecified atom stereocenters. The molecule has 2 aromatic carbocycles. The van der Waals surface area contributed by atoms with Crippen molar-refractivity contribution in [1.29, 1.82) is 0 Å². The molecule has 1 amide bonds. The van der Waals surface area contributed by atoms with Crippen molar-refractivity contribution >= 4 is 39.8 Å². The first-order chi connectivity index (χ1) is 18.0. The average molecular weight is 496 g/mol. The number of carbonyl (C=O) groups is 1. The van der Waals surface area contributed by atoms with Crippen LogP contribution in [0.2, 0.25) is 0 Å². The van der Waals surface area contributed by atoms with E-state index < -0.39 is 6.09 Å². The molecule has 9 nitrogen and oxygen atoms in total. The van der Waals surface area contributed by atoms with Crippen LogP contribution in [-0.4, -0.2) is 30.6 Å². The number of hydrogen-bond donors (Lipinski definition) is 4. The molecule has 6 N–H and O–H groups in total. The second-order valence-electron chi connectivity index (χ2n) is 9.12. The van der Waals surface area contributed by atoms with Crippen molar-refractivity contribution in [2.45, 2.75) is 38.0 Å². The van der Waals surface area contributed by atoms with Crippen LogP contribution in [0.15, 0.2) is 73.1 Å². The third kappa shape index (κ3) is 5.30. The summed E-state index contributed by atoms with van der Waals surface area (Å²) in [7, 11) is 0. The zero-order valence-electron chi connectivity index (χ0n) is 20.3. The molecule has 1 saturated carbocycles. The van der Waals surface area contributed by atoms with Crippen LogP contribution in [0.3, 0.4) is 0 Å². The van der Waals surface area contributed by atoms with Gasteiger partial charge in [-0.2, -0.15) is 0 Å². The molecule has 37 heavy (non-hydrogen) atoms. The van der Waals surface area contributed by atoms with E-state index in [4.69, 9.17) is 25.6 Å². The molecule has 5 aromatic rings. The summed E-state index contributed by atoms with van der Waals surface area (Å²) in [5.74, 6) is 2.88. The lowest BCUT2D eigenvalue weighted by molar-refractivity contribution is 0.205. The Morgan fingerprint density at radius 1 is 1.00 bits per heavy atom. The number of nitrogens with zero attached hydrogens (tertiary/aromatic N) is 4. The zero-order valence-corrected chi connectivity index (χ0v) is 20.3. The molecule has 0 spiro atoms. The van der Waals surface area contributed by atoms with Crippen molar-refractivity contribution in [2.24, 2.45) is 5.73 Å². The molecule has 0 radical (unpaired) electrons. The molecular formula is C28H29N7O2. The molecule has 1 aliphatic carbocycles. The van der Waals surface area contributed by atoms with E-state index in [1.807, 2.05) is 42.6 Å². The van der Waals surface area contributed by atoms with Crippen LogP contribution < -0.4 is 16.8 Å². The van der Waals surface area contributed by atoms with E-state index in [1.165, 1.54) is 32.1 Å². The normalized spacial score (nSPS) is 13.7. The standard InChI is InChI=1S/C27H26N6.CH3NO2/c28-26-25-24(32-27(33(25)16-15-29-26)19-7-3-1-4-8-19)20-12-11-18-13-14-23(31-22(18)17-20)30-21-9-5-2-6-10-21;2-1(3)4/h2,5-6,9-17,19H,1,3-4,7-8H2,(H2,28,29)(H,30,31);2H2,(H,3,4). The van der Waals surface area contributed by atoms with Gasteiger partial charge in [0.2, 0.25) is 0 Å². The number of imidazole rings is 1. The van der Waals surface area contributed by atoms with Crippen LogP contribution in [-0.2, 0) is 0 Å². The molecule has 0 aliphatic heterocycles. The summed E-state index contributed by atoms with van der Waals surface area (Å²) in [6.45, 7) is 0. The predicted octanol–water partition coefficient (Wildman–Crippen LogP) is 5.94. The molecule has 188 valence electrons. The molecule has 3 heterocycles. The van der Waals surface area contributed by atoms with Crippen molar-refractivity contribution in [3.8, 4) is 11.3 Å². The Balaban J connectivity index is 0.000000655. The Labute approximate surface area is 214 Å². The minimum atomic E-state index is -1.33. The van der Waals surface area contributed by atoms with E-state index >= 15 is 0 Å². The lowest BCUT2D eigenvalue weighted by atomic mass is 9.89.